The van der Waals surface area contributed by atoms with Crippen LogP contribution < -0.4 is 0 Å². The molecule has 0 aromatic heterocycles. The van der Waals surface area contributed by atoms with Gasteiger partial charge in [0.15, 0.2) is 0 Å². The highest BCUT2D eigenvalue weighted by molar-refractivity contribution is 5.77. The fourth-order valence-electron chi connectivity index (χ4n) is 1.72. The monoisotopic (exact) mass is 213 g/mol. The number of carbonyl (C=O) groups is 1. The second-order valence-corrected chi connectivity index (χ2v) is 4.08. The molecule has 15 heavy (non-hydrogen) atoms. The molecule has 1 fully saturated rings. The molecule has 1 rings (SSSR count). The van der Waals surface area contributed by atoms with E-state index in [2.05, 4.69) is 6.58 Å². The maximum atomic E-state index is 11.5. The SMILES string of the molecule is C=CCC(=O)N(C)CC1(O)CCOCC1. The van der Waals surface area contributed by atoms with Crippen LogP contribution in [0.5, 0.6) is 0 Å². The van der Waals surface area contributed by atoms with E-state index in [1.807, 2.05) is 0 Å². The van der Waals surface area contributed by atoms with E-state index in [9.17, 15) is 9.90 Å². The summed E-state index contributed by atoms with van der Waals surface area (Å²) in [6, 6.07) is 0. The predicted molar refractivity (Wildman–Crippen MR) is 57.5 cm³/mol. The van der Waals surface area contributed by atoms with Gasteiger partial charge in [0.1, 0.15) is 0 Å². The smallest absolute Gasteiger partial charge is 0.226 e. The van der Waals surface area contributed by atoms with E-state index in [0.717, 1.165) is 0 Å². The van der Waals surface area contributed by atoms with Gasteiger partial charge in [-0.05, 0) is 0 Å². The fraction of sp³-hybridized carbons (Fsp3) is 0.727. The lowest BCUT2D eigenvalue weighted by Crippen LogP contribution is -2.47. The van der Waals surface area contributed by atoms with Gasteiger partial charge in [-0.15, -0.1) is 6.58 Å². The summed E-state index contributed by atoms with van der Waals surface area (Å²) in [7, 11) is 1.71. The zero-order valence-corrected chi connectivity index (χ0v) is 9.24. The van der Waals surface area contributed by atoms with E-state index >= 15 is 0 Å². The van der Waals surface area contributed by atoms with Crippen LogP contribution in [0.4, 0.5) is 0 Å². The second kappa shape index (κ2) is 5.28. The van der Waals surface area contributed by atoms with E-state index in [-0.39, 0.29) is 5.91 Å². The summed E-state index contributed by atoms with van der Waals surface area (Å²) in [5, 5.41) is 10.2. The van der Waals surface area contributed by atoms with Crippen LogP contribution in [0.1, 0.15) is 19.3 Å². The Morgan fingerprint density at radius 3 is 2.73 bits per heavy atom. The number of hydrogen-bond acceptors (Lipinski definition) is 3. The van der Waals surface area contributed by atoms with Gasteiger partial charge in [0.25, 0.3) is 0 Å². The first-order valence-corrected chi connectivity index (χ1v) is 5.22. The lowest BCUT2D eigenvalue weighted by atomic mass is 9.94. The van der Waals surface area contributed by atoms with Crippen LogP contribution in [-0.2, 0) is 9.53 Å². The molecule has 0 bridgehead atoms. The van der Waals surface area contributed by atoms with E-state index in [4.69, 9.17) is 4.74 Å². The summed E-state index contributed by atoms with van der Waals surface area (Å²) < 4.78 is 5.17. The highest BCUT2D eigenvalue weighted by Crippen LogP contribution is 2.21. The van der Waals surface area contributed by atoms with Crippen LogP contribution in [0.3, 0.4) is 0 Å². The summed E-state index contributed by atoms with van der Waals surface area (Å²) in [6.07, 6.45) is 3.09. The van der Waals surface area contributed by atoms with Gasteiger partial charge < -0.3 is 14.7 Å². The molecule has 0 spiro atoms. The Morgan fingerprint density at radius 1 is 1.60 bits per heavy atom. The third-order valence-electron chi connectivity index (χ3n) is 2.70. The van der Waals surface area contributed by atoms with Gasteiger partial charge in [0, 0.05) is 46.1 Å². The van der Waals surface area contributed by atoms with Gasteiger partial charge in [-0.25, -0.2) is 0 Å². The highest BCUT2D eigenvalue weighted by atomic mass is 16.5. The van der Waals surface area contributed by atoms with Gasteiger partial charge in [-0.2, -0.15) is 0 Å². The molecule has 0 saturated carbocycles. The molecule has 86 valence electrons. The van der Waals surface area contributed by atoms with Crippen molar-refractivity contribution >= 4 is 5.91 Å². The lowest BCUT2D eigenvalue weighted by molar-refractivity contribution is -0.135. The zero-order chi connectivity index (χ0) is 11.3. The predicted octanol–water partition coefficient (Wildman–Crippen LogP) is 0.562. The first kappa shape index (κ1) is 12.2. The minimum absolute atomic E-state index is 0.00934. The fourth-order valence-corrected chi connectivity index (χ4v) is 1.72. The molecular formula is C11H19NO3. The van der Waals surface area contributed by atoms with Gasteiger partial charge in [-0.1, -0.05) is 6.08 Å². The van der Waals surface area contributed by atoms with Crippen molar-refractivity contribution in [2.45, 2.75) is 24.9 Å². The van der Waals surface area contributed by atoms with Crippen LogP contribution in [0, 0.1) is 0 Å². The molecule has 0 radical (unpaired) electrons. The van der Waals surface area contributed by atoms with Crippen LogP contribution in [0.2, 0.25) is 0 Å². The van der Waals surface area contributed by atoms with Crippen molar-refractivity contribution in [1.82, 2.24) is 4.90 Å². The number of ether oxygens (including phenoxy) is 1. The molecule has 1 aliphatic heterocycles. The third kappa shape index (κ3) is 3.64. The van der Waals surface area contributed by atoms with Crippen molar-refractivity contribution in [3.8, 4) is 0 Å². The number of likely N-dealkylation sites (N-methyl/N-ethyl adjacent to an activating group) is 1. The van der Waals surface area contributed by atoms with Crippen molar-refractivity contribution in [3.05, 3.63) is 12.7 Å². The third-order valence-corrected chi connectivity index (χ3v) is 2.70. The molecule has 0 aromatic carbocycles. The maximum Gasteiger partial charge on any atom is 0.226 e. The Labute approximate surface area is 90.5 Å². The van der Waals surface area contributed by atoms with Crippen molar-refractivity contribution in [2.24, 2.45) is 0 Å². The lowest BCUT2D eigenvalue weighted by Gasteiger charge is -2.35. The molecule has 1 aliphatic rings. The Balaban J connectivity index is 2.44. The van der Waals surface area contributed by atoms with Crippen LogP contribution >= 0.6 is 0 Å². The molecule has 0 aromatic rings. The van der Waals surface area contributed by atoms with Crippen molar-refractivity contribution in [2.75, 3.05) is 26.8 Å². The normalized spacial score (nSPS) is 19.6. The standard InChI is InChI=1S/C11H19NO3/c1-3-4-10(13)12(2)9-11(14)5-7-15-8-6-11/h3,14H,1,4-9H2,2H3. The average Bonchev–Trinajstić information content (AvgIpc) is 2.18. The number of carbonyl (C=O) groups excluding carboxylic acids is 1. The summed E-state index contributed by atoms with van der Waals surface area (Å²) in [5.41, 5.74) is -0.774. The van der Waals surface area contributed by atoms with Crippen molar-refractivity contribution < 1.29 is 14.6 Å². The number of nitrogens with zero attached hydrogens (tertiary/aromatic N) is 1. The maximum absolute atomic E-state index is 11.5. The first-order chi connectivity index (χ1) is 7.07. The number of rotatable bonds is 4. The Bertz CT molecular complexity index is 234. The average molecular weight is 213 g/mol. The minimum atomic E-state index is -0.774. The molecule has 4 heteroatoms. The van der Waals surface area contributed by atoms with Crippen LogP contribution in [0.15, 0.2) is 12.7 Å². The van der Waals surface area contributed by atoms with E-state index in [1.165, 1.54) is 0 Å². The summed E-state index contributed by atoms with van der Waals surface area (Å²) >= 11 is 0. The summed E-state index contributed by atoms with van der Waals surface area (Å²) in [5.74, 6) is -0.00934. The molecule has 1 N–H and O–H groups in total. The Kier molecular flexibility index (Phi) is 4.29. The molecule has 0 atom stereocenters. The van der Waals surface area contributed by atoms with Gasteiger partial charge >= 0.3 is 0 Å². The van der Waals surface area contributed by atoms with Crippen LogP contribution in [0.25, 0.3) is 0 Å². The minimum Gasteiger partial charge on any atom is -0.388 e. The van der Waals surface area contributed by atoms with Gasteiger partial charge in [-0.3, -0.25) is 4.79 Å². The second-order valence-electron chi connectivity index (χ2n) is 4.08. The Morgan fingerprint density at radius 2 is 2.20 bits per heavy atom. The van der Waals surface area contributed by atoms with Crippen LogP contribution in [-0.4, -0.2) is 48.3 Å². The molecule has 0 aliphatic carbocycles. The zero-order valence-electron chi connectivity index (χ0n) is 9.24. The molecule has 1 saturated heterocycles. The molecule has 4 nitrogen and oxygen atoms in total. The van der Waals surface area contributed by atoms with E-state index < -0.39 is 5.60 Å². The van der Waals surface area contributed by atoms with Crippen molar-refractivity contribution in [3.63, 3.8) is 0 Å². The molecule has 1 amide bonds. The number of aliphatic hydroxyl groups is 1. The number of amides is 1. The van der Waals surface area contributed by atoms with Gasteiger partial charge in [0.05, 0.1) is 5.60 Å². The highest BCUT2D eigenvalue weighted by Gasteiger charge is 2.31. The Hall–Kier alpha value is -0.870. The quantitative estimate of drug-likeness (QED) is 0.694. The summed E-state index contributed by atoms with van der Waals surface area (Å²) in [4.78, 5) is 13.0. The largest absolute Gasteiger partial charge is 0.388 e. The van der Waals surface area contributed by atoms with E-state index in [0.29, 0.717) is 39.0 Å². The first-order valence-electron chi connectivity index (χ1n) is 5.22. The van der Waals surface area contributed by atoms with E-state index in [1.54, 1.807) is 18.0 Å². The van der Waals surface area contributed by atoms with Crippen molar-refractivity contribution in [1.29, 1.82) is 0 Å². The topological polar surface area (TPSA) is 49.8 Å². The van der Waals surface area contributed by atoms with Gasteiger partial charge in [0.2, 0.25) is 5.91 Å². The molecular weight excluding hydrogens is 194 g/mol. The molecule has 0 unspecified atom stereocenters. The molecule has 1 heterocycles. The summed E-state index contributed by atoms with van der Waals surface area (Å²) in [6.45, 7) is 5.03. The number of hydrogen-bond donors (Lipinski definition) is 1.